The van der Waals surface area contributed by atoms with Gasteiger partial charge in [-0.1, -0.05) is 83.1 Å². The van der Waals surface area contributed by atoms with Crippen LogP contribution in [-0.4, -0.2) is 9.38 Å². The Morgan fingerprint density at radius 1 is 0.778 bits per heavy atom. The van der Waals surface area contributed by atoms with Crippen LogP contribution in [0.15, 0.2) is 66.9 Å². The van der Waals surface area contributed by atoms with E-state index in [1.54, 1.807) is 0 Å². The lowest BCUT2D eigenvalue weighted by molar-refractivity contribution is 0.411. The third kappa shape index (κ3) is 2.88. The summed E-state index contributed by atoms with van der Waals surface area (Å²) in [6.07, 6.45) is 3.04. The third-order valence-corrected chi connectivity index (χ3v) is 7.97. The van der Waals surface area contributed by atoms with Crippen molar-refractivity contribution in [3.63, 3.8) is 0 Å². The largest absolute Gasteiger partial charge is 0.307 e. The first-order valence-electron chi connectivity index (χ1n) is 13.1. The van der Waals surface area contributed by atoms with Gasteiger partial charge >= 0.3 is 0 Å². The molecule has 0 saturated heterocycles. The van der Waals surface area contributed by atoms with Crippen LogP contribution in [0.25, 0.3) is 59.8 Å². The second-order valence-corrected chi connectivity index (χ2v) is 12.1. The quantitative estimate of drug-likeness (QED) is 0.182. The Kier molecular flexibility index (Phi) is 4.32. The maximum atomic E-state index is 5.01. The van der Waals surface area contributed by atoms with Crippen LogP contribution < -0.4 is 0 Å². The Morgan fingerprint density at radius 2 is 1.56 bits per heavy atom. The highest BCUT2D eigenvalue weighted by Crippen LogP contribution is 2.44. The molecule has 0 aliphatic rings. The van der Waals surface area contributed by atoms with Gasteiger partial charge < -0.3 is 4.40 Å². The van der Waals surface area contributed by atoms with E-state index in [1.807, 2.05) is 6.20 Å². The fourth-order valence-corrected chi connectivity index (χ4v) is 6.55. The summed E-state index contributed by atoms with van der Waals surface area (Å²) in [6.45, 7) is 13.8. The van der Waals surface area contributed by atoms with E-state index in [0.717, 1.165) is 11.9 Å². The van der Waals surface area contributed by atoms with Crippen molar-refractivity contribution < 1.29 is 0 Å². The first-order valence-corrected chi connectivity index (χ1v) is 13.1. The van der Waals surface area contributed by atoms with Crippen LogP contribution in [0.4, 0.5) is 0 Å². The number of aromatic nitrogens is 2. The molecule has 0 atom stereocenters. The molecule has 3 heterocycles. The predicted molar refractivity (Wildman–Crippen MR) is 156 cm³/mol. The number of pyridine rings is 2. The van der Waals surface area contributed by atoms with Gasteiger partial charge in [-0.25, -0.2) is 0 Å². The van der Waals surface area contributed by atoms with E-state index < -0.39 is 0 Å². The molecule has 7 aromatic rings. The molecular formula is C34H32N2. The van der Waals surface area contributed by atoms with Crippen LogP contribution >= 0.6 is 0 Å². The van der Waals surface area contributed by atoms with Gasteiger partial charge in [-0.15, -0.1) is 0 Å². The van der Waals surface area contributed by atoms with Crippen LogP contribution in [0, 0.1) is 12.3 Å². The number of nitrogens with zero attached hydrogens (tertiary/aromatic N) is 2. The number of fused-ring (bicyclic) bond motifs is 7. The molecule has 0 saturated carbocycles. The first kappa shape index (κ1) is 21.6. The van der Waals surface area contributed by atoms with E-state index >= 15 is 0 Å². The predicted octanol–water partition coefficient (Wildman–Crippen LogP) is 9.56. The molecule has 7 rings (SSSR count). The number of rotatable bonds is 2. The molecular weight excluding hydrogens is 436 g/mol. The topological polar surface area (TPSA) is 17.3 Å². The molecule has 0 N–H and O–H groups in total. The fraction of sp³-hybridized carbons (Fsp3) is 0.265. The summed E-state index contributed by atoms with van der Waals surface area (Å²) in [4.78, 5) is 5.01. The molecule has 0 fully saturated rings. The normalized spacial score (nSPS) is 13.1. The molecule has 0 spiro atoms. The average Bonchev–Trinajstić information content (AvgIpc) is 3.17. The first-order chi connectivity index (χ1) is 17.2. The van der Waals surface area contributed by atoms with Crippen molar-refractivity contribution in [2.24, 2.45) is 5.41 Å². The van der Waals surface area contributed by atoms with Crippen LogP contribution in [-0.2, 0) is 6.42 Å². The molecule has 2 nitrogen and oxygen atoms in total. The van der Waals surface area contributed by atoms with Crippen molar-refractivity contribution in [2.45, 2.75) is 53.9 Å². The van der Waals surface area contributed by atoms with E-state index in [2.05, 4.69) is 107 Å². The summed E-state index contributed by atoms with van der Waals surface area (Å²) in [7, 11) is 0. The molecule has 4 aromatic carbocycles. The summed E-state index contributed by atoms with van der Waals surface area (Å²) in [5, 5.41) is 9.07. The lowest BCUT2D eigenvalue weighted by atomic mass is 9.87. The average molecular weight is 469 g/mol. The third-order valence-electron chi connectivity index (χ3n) is 7.97. The van der Waals surface area contributed by atoms with Gasteiger partial charge in [0.05, 0.1) is 22.1 Å². The highest BCUT2D eigenvalue weighted by molar-refractivity contribution is 6.29. The highest BCUT2D eigenvalue weighted by Gasteiger charge is 2.23. The molecule has 0 amide bonds. The second kappa shape index (κ2) is 7.20. The van der Waals surface area contributed by atoms with Crippen LogP contribution in [0.5, 0.6) is 0 Å². The van der Waals surface area contributed by atoms with E-state index in [0.29, 0.717) is 5.92 Å². The van der Waals surface area contributed by atoms with Gasteiger partial charge in [-0.3, -0.25) is 4.98 Å². The number of aryl methyl sites for hydroxylation is 1. The second-order valence-electron chi connectivity index (χ2n) is 12.1. The van der Waals surface area contributed by atoms with Gasteiger partial charge in [0.25, 0.3) is 0 Å². The van der Waals surface area contributed by atoms with Gasteiger partial charge in [0.1, 0.15) is 0 Å². The number of benzene rings is 4. The summed E-state index contributed by atoms with van der Waals surface area (Å²) >= 11 is 0. The van der Waals surface area contributed by atoms with Gasteiger partial charge in [-0.2, -0.15) is 0 Å². The van der Waals surface area contributed by atoms with Gasteiger partial charge in [-0.05, 0) is 69.7 Å². The maximum absolute atomic E-state index is 5.01. The van der Waals surface area contributed by atoms with Crippen LogP contribution in [0.3, 0.4) is 0 Å². The van der Waals surface area contributed by atoms with Gasteiger partial charge in [0, 0.05) is 27.7 Å². The SMILES string of the molecule is Cc1c2ccc(CC(C)(C)C)cc2cc2c3nccc4ccc5c6cccc(C(C)C)c6n(c12)c5c43. The summed E-state index contributed by atoms with van der Waals surface area (Å²) < 4.78 is 2.57. The monoisotopic (exact) mass is 468 g/mol. The van der Waals surface area contributed by atoms with E-state index in [9.17, 15) is 0 Å². The van der Waals surface area contributed by atoms with Crippen molar-refractivity contribution >= 4 is 59.8 Å². The lowest BCUT2D eigenvalue weighted by Gasteiger charge is -2.20. The van der Waals surface area contributed by atoms with E-state index in [1.165, 1.54) is 70.9 Å². The van der Waals surface area contributed by atoms with Crippen molar-refractivity contribution in [1.29, 1.82) is 0 Å². The van der Waals surface area contributed by atoms with Crippen molar-refractivity contribution in [3.05, 3.63) is 83.6 Å². The molecule has 0 unspecified atom stereocenters. The molecule has 178 valence electrons. The zero-order chi connectivity index (χ0) is 24.9. The Balaban J connectivity index is 1.76. The minimum Gasteiger partial charge on any atom is -0.307 e. The Bertz CT molecular complexity index is 1980. The van der Waals surface area contributed by atoms with E-state index in [4.69, 9.17) is 4.98 Å². The summed E-state index contributed by atoms with van der Waals surface area (Å²) in [6, 6.07) is 23.0. The highest BCUT2D eigenvalue weighted by atomic mass is 14.9. The van der Waals surface area contributed by atoms with Gasteiger partial charge in [0.15, 0.2) is 0 Å². The van der Waals surface area contributed by atoms with Crippen LogP contribution in [0.2, 0.25) is 0 Å². The Hall–Kier alpha value is -3.65. The van der Waals surface area contributed by atoms with Gasteiger partial charge in [0.2, 0.25) is 0 Å². The zero-order valence-corrected chi connectivity index (χ0v) is 22.0. The summed E-state index contributed by atoms with van der Waals surface area (Å²) in [5.74, 6) is 0.434. The standard InChI is InChI=1S/C34H32N2/c1-19(2)24-8-7-9-26-27-13-11-22-14-15-35-30-28-17-23-16-21(18-34(4,5)6)10-12-25(23)20(3)31(28)36(32(24)26)33(27)29(22)30/h7-17,19H,18H2,1-6H3. The maximum Gasteiger partial charge on any atom is 0.0823 e. The van der Waals surface area contributed by atoms with E-state index in [-0.39, 0.29) is 5.41 Å². The zero-order valence-electron chi connectivity index (χ0n) is 22.0. The van der Waals surface area contributed by atoms with Crippen molar-refractivity contribution in [2.75, 3.05) is 0 Å². The number of para-hydroxylation sites is 1. The Labute approximate surface area is 211 Å². The summed E-state index contributed by atoms with van der Waals surface area (Å²) in [5.41, 5.74) is 9.43. The minimum absolute atomic E-state index is 0.256. The molecule has 2 heteroatoms. The van der Waals surface area contributed by atoms with Crippen molar-refractivity contribution in [3.8, 4) is 0 Å². The molecule has 36 heavy (non-hydrogen) atoms. The van der Waals surface area contributed by atoms with Crippen LogP contribution in [0.1, 0.15) is 57.2 Å². The lowest BCUT2D eigenvalue weighted by Crippen LogP contribution is -2.09. The minimum atomic E-state index is 0.256. The van der Waals surface area contributed by atoms with Crippen molar-refractivity contribution in [1.82, 2.24) is 9.38 Å². The molecule has 0 bridgehead atoms. The smallest absolute Gasteiger partial charge is 0.0823 e. The molecule has 3 aromatic heterocycles. The fourth-order valence-electron chi connectivity index (χ4n) is 6.55. The molecule has 0 aliphatic heterocycles. The molecule has 0 radical (unpaired) electrons. The number of hydrogen-bond donors (Lipinski definition) is 0. The Morgan fingerprint density at radius 3 is 2.33 bits per heavy atom. The number of hydrogen-bond acceptors (Lipinski definition) is 1. The molecule has 0 aliphatic carbocycles.